The van der Waals surface area contributed by atoms with Crippen LogP contribution in [0.2, 0.25) is 0 Å². The molecule has 0 bridgehead atoms. The van der Waals surface area contributed by atoms with Crippen molar-refractivity contribution in [2.45, 2.75) is 52.0 Å². The number of rotatable bonds is 9. The number of nitrogens with zero attached hydrogens (tertiary/aromatic N) is 1. The third-order valence-corrected chi connectivity index (χ3v) is 4.71. The second kappa shape index (κ2) is 9.73. The molecule has 1 fully saturated rings. The van der Waals surface area contributed by atoms with Gasteiger partial charge in [0.15, 0.2) is 0 Å². The van der Waals surface area contributed by atoms with Gasteiger partial charge in [-0.1, -0.05) is 26.7 Å². The number of hydrogen-bond acceptors (Lipinski definition) is 3. The molecule has 0 spiro atoms. The van der Waals surface area contributed by atoms with Gasteiger partial charge in [-0.05, 0) is 44.7 Å². The summed E-state index contributed by atoms with van der Waals surface area (Å²) >= 11 is 0. The van der Waals surface area contributed by atoms with Crippen LogP contribution >= 0.6 is 0 Å². The molecule has 3 atom stereocenters. The Morgan fingerprint density at radius 3 is 2.63 bits per heavy atom. The highest BCUT2D eigenvalue weighted by Gasteiger charge is 2.30. The van der Waals surface area contributed by atoms with Gasteiger partial charge in [0.2, 0.25) is 0 Å². The summed E-state index contributed by atoms with van der Waals surface area (Å²) in [5.41, 5.74) is 0. The number of ether oxygens (including phenoxy) is 1. The second-order valence-corrected chi connectivity index (χ2v) is 6.01. The van der Waals surface area contributed by atoms with Crippen molar-refractivity contribution >= 4 is 0 Å². The molecule has 0 saturated heterocycles. The average Bonchev–Trinajstić information content (AvgIpc) is 2.44. The van der Waals surface area contributed by atoms with E-state index in [4.69, 9.17) is 4.74 Å². The van der Waals surface area contributed by atoms with Crippen LogP contribution in [-0.2, 0) is 4.74 Å². The standard InChI is InChI=1S/C16H34N2O/c1-5-7-14-8-9-16(17-3)15(12-14)13-18(6-2)10-11-19-4/h14-17H,5-13H2,1-4H3. The molecule has 3 unspecified atom stereocenters. The molecular weight excluding hydrogens is 236 g/mol. The lowest BCUT2D eigenvalue weighted by Gasteiger charge is -2.38. The molecule has 0 aromatic heterocycles. The first-order chi connectivity index (χ1) is 9.24. The molecule has 0 radical (unpaired) electrons. The lowest BCUT2D eigenvalue weighted by molar-refractivity contribution is 0.110. The topological polar surface area (TPSA) is 24.5 Å². The summed E-state index contributed by atoms with van der Waals surface area (Å²) in [6.07, 6.45) is 6.93. The summed E-state index contributed by atoms with van der Waals surface area (Å²) in [4.78, 5) is 2.55. The van der Waals surface area contributed by atoms with Gasteiger partial charge in [-0.2, -0.15) is 0 Å². The van der Waals surface area contributed by atoms with Gasteiger partial charge in [-0.15, -0.1) is 0 Å². The number of nitrogens with one attached hydrogen (secondary N) is 1. The maximum Gasteiger partial charge on any atom is 0.0589 e. The van der Waals surface area contributed by atoms with Crippen molar-refractivity contribution in [1.29, 1.82) is 0 Å². The summed E-state index contributed by atoms with van der Waals surface area (Å²) in [5, 5.41) is 3.54. The quantitative estimate of drug-likeness (QED) is 0.697. The zero-order chi connectivity index (χ0) is 14.1. The fraction of sp³-hybridized carbons (Fsp3) is 1.00. The third kappa shape index (κ3) is 5.80. The highest BCUT2D eigenvalue weighted by molar-refractivity contribution is 4.85. The van der Waals surface area contributed by atoms with E-state index in [2.05, 4.69) is 31.1 Å². The zero-order valence-electron chi connectivity index (χ0n) is 13.5. The Bertz CT molecular complexity index is 223. The van der Waals surface area contributed by atoms with Crippen molar-refractivity contribution in [2.24, 2.45) is 11.8 Å². The molecule has 19 heavy (non-hydrogen) atoms. The van der Waals surface area contributed by atoms with Crippen LogP contribution in [0.5, 0.6) is 0 Å². The molecule has 1 rings (SSSR count). The number of hydrogen-bond donors (Lipinski definition) is 1. The van der Waals surface area contributed by atoms with Crippen molar-refractivity contribution in [3.63, 3.8) is 0 Å². The lowest BCUT2D eigenvalue weighted by Crippen LogP contribution is -2.45. The molecule has 1 aliphatic rings. The molecule has 3 heteroatoms. The molecule has 0 heterocycles. The summed E-state index contributed by atoms with van der Waals surface area (Å²) in [5.74, 6) is 1.77. The number of methoxy groups -OCH3 is 1. The predicted molar refractivity (Wildman–Crippen MR) is 82.6 cm³/mol. The van der Waals surface area contributed by atoms with Crippen molar-refractivity contribution in [2.75, 3.05) is 40.4 Å². The van der Waals surface area contributed by atoms with Gasteiger partial charge >= 0.3 is 0 Å². The molecule has 0 aromatic rings. The minimum absolute atomic E-state index is 0.713. The lowest BCUT2D eigenvalue weighted by atomic mass is 9.76. The Morgan fingerprint density at radius 1 is 1.26 bits per heavy atom. The first-order valence-corrected chi connectivity index (χ1v) is 8.13. The van der Waals surface area contributed by atoms with Crippen LogP contribution < -0.4 is 5.32 Å². The van der Waals surface area contributed by atoms with Crippen molar-refractivity contribution in [1.82, 2.24) is 10.2 Å². The van der Waals surface area contributed by atoms with Gasteiger partial charge in [0.1, 0.15) is 0 Å². The Balaban J connectivity index is 2.48. The van der Waals surface area contributed by atoms with Crippen LogP contribution in [0.1, 0.15) is 46.0 Å². The largest absolute Gasteiger partial charge is 0.383 e. The Labute approximate surface area is 120 Å². The molecule has 1 aliphatic carbocycles. The Kier molecular flexibility index (Phi) is 8.67. The molecule has 1 saturated carbocycles. The Morgan fingerprint density at radius 2 is 2.05 bits per heavy atom. The fourth-order valence-electron chi connectivity index (χ4n) is 3.54. The van der Waals surface area contributed by atoms with Gasteiger partial charge in [0.25, 0.3) is 0 Å². The first kappa shape index (κ1) is 16.9. The molecule has 0 amide bonds. The van der Waals surface area contributed by atoms with E-state index in [1.165, 1.54) is 38.6 Å². The van der Waals surface area contributed by atoms with Crippen molar-refractivity contribution < 1.29 is 4.74 Å². The zero-order valence-corrected chi connectivity index (χ0v) is 13.5. The molecule has 3 nitrogen and oxygen atoms in total. The summed E-state index contributed by atoms with van der Waals surface area (Å²) < 4.78 is 5.22. The van der Waals surface area contributed by atoms with E-state index in [1.54, 1.807) is 7.11 Å². The van der Waals surface area contributed by atoms with Gasteiger partial charge in [0, 0.05) is 26.2 Å². The SMILES string of the molecule is CCCC1CCC(NC)C(CN(CC)CCOC)C1. The highest BCUT2D eigenvalue weighted by atomic mass is 16.5. The smallest absolute Gasteiger partial charge is 0.0589 e. The summed E-state index contributed by atoms with van der Waals surface area (Å²) in [6, 6.07) is 0.713. The van der Waals surface area contributed by atoms with Gasteiger partial charge in [-0.25, -0.2) is 0 Å². The van der Waals surface area contributed by atoms with E-state index in [9.17, 15) is 0 Å². The minimum atomic E-state index is 0.713. The maximum atomic E-state index is 5.22. The van der Waals surface area contributed by atoms with Crippen LogP contribution in [-0.4, -0.2) is 51.3 Å². The summed E-state index contributed by atoms with van der Waals surface area (Å²) in [7, 11) is 3.92. The van der Waals surface area contributed by atoms with Gasteiger partial charge < -0.3 is 15.0 Å². The van der Waals surface area contributed by atoms with E-state index in [-0.39, 0.29) is 0 Å². The van der Waals surface area contributed by atoms with E-state index in [1.807, 2.05) is 0 Å². The van der Waals surface area contributed by atoms with Crippen LogP contribution in [0.4, 0.5) is 0 Å². The maximum absolute atomic E-state index is 5.22. The second-order valence-electron chi connectivity index (χ2n) is 6.01. The van der Waals surface area contributed by atoms with Gasteiger partial charge in [0.05, 0.1) is 6.61 Å². The minimum Gasteiger partial charge on any atom is -0.383 e. The first-order valence-electron chi connectivity index (χ1n) is 8.13. The highest BCUT2D eigenvalue weighted by Crippen LogP contribution is 2.32. The Hall–Kier alpha value is -0.120. The molecule has 1 N–H and O–H groups in total. The molecular formula is C16H34N2O. The summed E-state index contributed by atoms with van der Waals surface area (Å²) in [6.45, 7) is 8.86. The van der Waals surface area contributed by atoms with Crippen LogP contribution in [0.25, 0.3) is 0 Å². The van der Waals surface area contributed by atoms with Crippen molar-refractivity contribution in [3.8, 4) is 0 Å². The van der Waals surface area contributed by atoms with E-state index in [0.29, 0.717) is 6.04 Å². The van der Waals surface area contributed by atoms with E-state index < -0.39 is 0 Å². The van der Waals surface area contributed by atoms with Gasteiger partial charge in [-0.3, -0.25) is 0 Å². The fourth-order valence-corrected chi connectivity index (χ4v) is 3.54. The van der Waals surface area contributed by atoms with Crippen LogP contribution in [0, 0.1) is 11.8 Å². The van der Waals surface area contributed by atoms with Crippen LogP contribution in [0.3, 0.4) is 0 Å². The molecule has 114 valence electrons. The van der Waals surface area contributed by atoms with Crippen LogP contribution in [0.15, 0.2) is 0 Å². The number of likely N-dealkylation sites (N-methyl/N-ethyl adjacent to an activating group) is 1. The molecule has 0 aromatic carbocycles. The third-order valence-electron chi connectivity index (χ3n) is 4.71. The van der Waals surface area contributed by atoms with E-state index in [0.717, 1.165) is 31.5 Å². The van der Waals surface area contributed by atoms with Crippen molar-refractivity contribution in [3.05, 3.63) is 0 Å². The predicted octanol–water partition coefficient (Wildman–Crippen LogP) is 2.76. The molecule has 0 aliphatic heterocycles. The van der Waals surface area contributed by atoms with E-state index >= 15 is 0 Å². The normalized spacial score (nSPS) is 27.9. The average molecular weight is 270 g/mol. The monoisotopic (exact) mass is 270 g/mol.